The van der Waals surface area contributed by atoms with Crippen molar-refractivity contribution in [2.75, 3.05) is 25.9 Å². The van der Waals surface area contributed by atoms with Gasteiger partial charge in [0.1, 0.15) is 0 Å². The third-order valence-electron chi connectivity index (χ3n) is 3.21. The number of carbonyl (C=O) groups excluding carboxylic acids is 1. The number of amides is 2. The van der Waals surface area contributed by atoms with Gasteiger partial charge in [0, 0.05) is 25.2 Å². The van der Waals surface area contributed by atoms with E-state index in [2.05, 4.69) is 17.0 Å². The minimum atomic E-state index is -3.28. The summed E-state index contributed by atoms with van der Waals surface area (Å²) in [5, 5.41) is 2.79. The van der Waals surface area contributed by atoms with Gasteiger partial charge < -0.3 is 10.2 Å². The van der Waals surface area contributed by atoms with Crippen molar-refractivity contribution in [2.45, 2.75) is 39.2 Å². The molecule has 0 aromatic heterocycles. The molecule has 19 heavy (non-hydrogen) atoms. The van der Waals surface area contributed by atoms with Crippen molar-refractivity contribution in [1.29, 1.82) is 0 Å². The van der Waals surface area contributed by atoms with Crippen molar-refractivity contribution in [1.82, 2.24) is 14.9 Å². The fourth-order valence-electron chi connectivity index (χ4n) is 2.16. The number of urea groups is 1. The summed E-state index contributed by atoms with van der Waals surface area (Å²) in [6.07, 6.45) is 3.17. The van der Waals surface area contributed by atoms with E-state index in [1.54, 1.807) is 18.7 Å². The second-order valence-corrected chi connectivity index (χ2v) is 7.83. The zero-order chi connectivity index (χ0) is 14.7. The SMILES string of the molecule is CC1CCN(C(=O)NCC(C)(C)NS(C)(=O)=O)CC1. The highest BCUT2D eigenvalue weighted by Gasteiger charge is 2.25. The number of sulfonamides is 1. The normalized spacial score (nSPS) is 18.4. The molecule has 7 heteroatoms. The van der Waals surface area contributed by atoms with Crippen LogP contribution in [0.25, 0.3) is 0 Å². The molecule has 112 valence electrons. The molecule has 0 unspecified atom stereocenters. The number of rotatable bonds is 4. The minimum absolute atomic E-state index is 0.115. The Balaban J connectivity index is 2.41. The molecule has 1 saturated heterocycles. The zero-order valence-electron chi connectivity index (χ0n) is 12.2. The van der Waals surface area contributed by atoms with Gasteiger partial charge in [0.25, 0.3) is 0 Å². The van der Waals surface area contributed by atoms with Crippen LogP contribution in [-0.4, -0.2) is 50.8 Å². The molecule has 2 N–H and O–H groups in total. The monoisotopic (exact) mass is 291 g/mol. The Morgan fingerprint density at radius 3 is 2.32 bits per heavy atom. The van der Waals surface area contributed by atoms with Gasteiger partial charge in [-0.2, -0.15) is 0 Å². The minimum Gasteiger partial charge on any atom is -0.336 e. The van der Waals surface area contributed by atoms with Crippen LogP contribution in [0.5, 0.6) is 0 Å². The molecule has 0 atom stereocenters. The average molecular weight is 291 g/mol. The number of hydrogen-bond acceptors (Lipinski definition) is 3. The first-order valence-corrected chi connectivity index (χ1v) is 8.50. The van der Waals surface area contributed by atoms with E-state index in [1.807, 2.05) is 0 Å². The number of carbonyl (C=O) groups is 1. The third-order valence-corrected chi connectivity index (χ3v) is 4.14. The van der Waals surface area contributed by atoms with E-state index in [1.165, 1.54) is 0 Å². The van der Waals surface area contributed by atoms with Crippen molar-refractivity contribution in [3.8, 4) is 0 Å². The summed E-state index contributed by atoms with van der Waals surface area (Å²) >= 11 is 0. The van der Waals surface area contributed by atoms with Crippen molar-refractivity contribution in [3.05, 3.63) is 0 Å². The van der Waals surface area contributed by atoms with Gasteiger partial charge in [0.05, 0.1) is 6.26 Å². The van der Waals surface area contributed by atoms with Gasteiger partial charge in [0.2, 0.25) is 10.0 Å². The summed E-state index contributed by atoms with van der Waals surface area (Å²) in [4.78, 5) is 13.7. The highest BCUT2D eigenvalue weighted by Crippen LogP contribution is 2.15. The fourth-order valence-corrected chi connectivity index (χ4v) is 3.23. The fraction of sp³-hybridized carbons (Fsp3) is 0.917. The Bertz CT molecular complexity index is 412. The second kappa shape index (κ2) is 6.09. The molecule has 0 bridgehead atoms. The first-order valence-electron chi connectivity index (χ1n) is 6.61. The van der Waals surface area contributed by atoms with Crippen LogP contribution in [0.1, 0.15) is 33.6 Å². The predicted molar refractivity (Wildman–Crippen MR) is 75.4 cm³/mol. The van der Waals surface area contributed by atoms with Gasteiger partial charge in [-0.05, 0) is 32.6 Å². The van der Waals surface area contributed by atoms with E-state index in [9.17, 15) is 13.2 Å². The summed E-state index contributed by atoms with van der Waals surface area (Å²) in [5.41, 5.74) is -0.688. The molecule has 0 radical (unpaired) electrons. The Morgan fingerprint density at radius 2 is 1.84 bits per heavy atom. The third kappa shape index (κ3) is 6.24. The van der Waals surface area contributed by atoms with Crippen molar-refractivity contribution < 1.29 is 13.2 Å². The van der Waals surface area contributed by atoms with Crippen LogP contribution in [0.2, 0.25) is 0 Å². The van der Waals surface area contributed by atoms with Gasteiger partial charge >= 0.3 is 6.03 Å². The largest absolute Gasteiger partial charge is 0.336 e. The Kier molecular flexibility index (Phi) is 5.20. The molecule has 1 heterocycles. The number of nitrogens with one attached hydrogen (secondary N) is 2. The molecule has 1 fully saturated rings. The van der Waals surface area contributed by atoms with E-state index in [-0.39, 0.29) is 12.6 Å². The van der Waals surface area contributed by atoms with Crippen LogP contribution in [0.4, 0.5) is 4.79 Å². The number of piperidine rings is 1. The van der Waals surface area contributed by atoms with E-state index in [4.69, 9.17) is 0 Å². The van der Waals surface area contributed by atoms with Crippen LogP contribution in [0, 0.1) is 5.92 Å². The smallest absolute Gasteiger partial charge is 0.317 e. The molecule has 1 aliphatic rings. The maximum absolute atomic E-state index is 12.0. The van der Waals surface area contributed by atoms with Crippen molar-refractivity contribution in [2.24, 2.45) is 5.92 Å². The quantitative estimate of drug-likeness (QED) is 0.802. The summed E-state index contributed by atoms with van der Waals surface area (Å²) < 4.78 is 24.9. The van der Waals surface area contributed by atoms with E-state index in [0.29, 0.717) is 5.92 Å². The second-order valence-electron chi connectivity index (χ2n) is 6.09. The Morgan fingerprint density at radius 1 is 1.32 bits per heavy atom. The molecule has 0 saturated carbocycles. The molecular weight excluding hydrogens is 266 g/mol. The van der Waals surface area contributed by atoms with Crippen molar-refractivity contribution >= 4 is 16.1 Å². The molecule has 0 aromatic carbocycles. The Labute approximate surface area is 116 Å². The Hall–Kier alpha value is -0.820. The van der Waals surface area contributed by atoms with Crippen LogP contribution in [0.3, 0.4) is 0 Å². The van der Waals surface area contributed by atoms with Crippen LogP contribution < -0.4 is 10.0 Å². The van der Waals surface area contributed by atoms with E-state index < -0.39 is 15.6 Å². The van der Waals surface area contributed by atoms with Gasteiger partial charge in [0.15, 0.2) is 0 Å². The number of hydrogen-bond donors (Lipinski definition) is 2. The summed E-state index contributed by atoms with van der Waals surface area (Å²) in [5.74, 6) is 0.674. The van der Waals surface area contributed by atoms with E-state index in [0.717, 1.165) is 32.2 Å². The lowest BCUT2D eigenvalue weighted by Crippen LogP contribution is -2.54. The highest BCUT2D eigenvalue weighted by atomic mass is 32.2. The molecule has 6 nitrogen and oxygen atoms in total. The first kappa shape index (κ1) is 16.2. The molecule has 0 aromatic rings. The van der Waals surface area contributed by atoms with Gasteiger partial charge in [-0.1, -0.05) is 6.92 Å². The molecule has 1 rings (SSSR count). The van der Waals surface area contributed by atoms with Gasteiger partial charge in [-0.3, -0.25) is 0 Å². The maximum atomic E-state index is 12.0. The van der Waals surface area contributed by atoms with Crippen molar-refractivity contribution in [3.63, 3.8) is 0 Å². The summed E-state index contributed by atoms with van der Waals surface area (Å²) in [6, 6.07) is -0.115. The van der Waals surface area contributed by atoms with Gasteiger partial charge in [-0.25, -0.2) is 17.9 Å². The lowest BCUT2D eigenvalue weighted by atomic mass is 9.99. The average Bonchev–Trinajstić information content (AvgIpc) is 2.24. The lowest BCUT2D eigenvalue weighted by molar-refractivity contribution is 0.171. The number of likely N-dealkylation sites (tertiary alicyclic amines) is 1. The lowest BCUT2D eigenvalue weighted by Gasteiger charge is -2.32. The molecule has 1 aliphatic heterocycles. The first-order chi connectivity index (χ1) is 8.59. The topological polar surface area (TPSA) is 78.5 Å². The maximum Gasteiger partial charge on any atom is 0.317 e. The molecular formula is C12H25N3O3S. The molecule has 0 aliphatic carbocycles. The summed E-state index contributed by atoms with van der Waals surface area (Å²) in [7, 11) is -3.28. The standard InChI is InChI=1S/C12H25N3O3S/c1-10-5-7-15(8-6-10)11(16)13-9-12(2,3)14-19(4,17)18/h10,14H,5-9H2,1-4H3,(H,13,16). The van der Waals surface area contributed by atoms with E-state index >= 15 is 0 Å². The summed E-state index contributed by atoms with van der Waals surface area (Å²) in [6.45, 7) is 7.48. The van der Waals surface area contributed by atoms with Crippen LogP contribution >= 0.6 is 0 Å². The van der Waals surface area contributed by atoms with Gasteiger partial charge in [-0.15, -0.1) is 0 Å². The molecule has 2 amide bonds. The highest BCUT2D eigenvalue weighted by molar-refractivity contribution is 7.88. The predicted octanol–water partition coefficient (Wildman–Crippen LogP) is 0.756. The van der Waals surface area contributed by atoms with Crippen LogP contribution in [-0.2, 0) is 10.0 Å². The zero-order valence-corrected chi connectivity index (χ0v) is 13.0. The molecule has 0 spiro atoms. The van der Waals surface area contributed by atoms with Crippen LogP contribution in [0.15, 0.2) is 0 Å². The number of nitrogens with zero attached hydrogens (tertiary/aromatic N) is 1.